The van der Waals surface area contributed by atoms with Crippen molar-refractivity contribution in [2.24, 2.45) is 0 Å². The van der Waals surface area contributed by atoms with E-state index in [4.69, 9.17) is 9.47 Å². The number of benzene rings is 2. The van der Waals surface area contributed by atoms with Gasteiger partial charge in [0.15, 0.2) is 13.2 Å². The fourth-order valence-electron chi connectivity index (χ4n) is 2.24. The molecule has 2 aromatic carbocycles. The van der Waals surface area contributed by atoms with E-state index in [9.17, 15) is 9.59 Å². The summed E-state index contributed by atoms with van der Waals surface area (Å²) in [7, 11) is 0. The number of amides is 2. The van der Waals surface area contributed by atoms with Crippen molar-refractivity contribution in [1.82, 2.24) is 10.9 Å². The fourth-order valence-corrected chi connectivity index (χ4v) is 2.24. The largest absolute Gasteiger partial charge is 0.484 e. The van der Waals surface area contributed by atoms with Gasteiger partial charge in [-0.2, -0.15) is 0 Å². The summed E-state index contributed by atoms with van der Waals surface area (Å²) in [5.41, 5.74) is 7.61. The molecule has 0 saturated heterocycles. The van der Waals surface area contributed by atoms with Crippen LogP contribution in [0.5, 0.6) is 11.5 Å². The Labute approximate surface area is 147 Å². The summed E-state index contributed by atoms with van der Waals surface area (Å²) < 4.78 is 10.8. The molecule has 0 spiro atoms. The number of ether oxygens (including phenoxy) is 2. The third-order valence-electron chi connectivity index (χ3n) is 3.36. The van der Waals surface area contributed by atoms with E-state index in [0.717, 1.165) is 16.7 Å². The number of nitrogens with one attached hydrogen (secondary N) is 2. The van der Waals surface area contributed by atoms with Gasteiger partial charge in [0.1, 0.15) is 11.5 Å². The summed E-state index contributed by atoms with van der Waals surface area (Å²) in [5, 5.41) is 0. The molecule has 25 heavy (non-hydrogen) atoms. The Hall–Kier alpha value is -3.02. The maximum absolute atomic E-state index is 11.7. The van der Waals surface area contributed by atoms with E-state index >= 15 is 0 Å². The zero-order chi connectivity index (χ0) is 18.2. The third kappa shape index (κ3) is 6.18. The van der Waals surface area contributed by atoms with Crippen LogP contribution in [0.2, 0.25) is 0 Å². The molecule has 0 bridgehead atoms. The van der Waals surface area contributed by atoms with Crippen LogP contribution in [0.15, 0.2) is 42.5 Å². The number of hydrogen-bond acceptors (Lipinski definition) is 4. The molecular weight excluding hydrogens is 320 g/mol. The van der Waals surface area contributed by atoms with E-state index in [1.54, 1.807) is 6.07 Å². The molecule has 0 aliphatic heterocycles. The smallest absolute Gasteiger partial charge is 0.276 e. The Bertz CT molecular complexity index is 739. The minimum atomic E-state index is -0.456. The van der Waals surface area contributed by atoms with Gasteiger partial charge in [0.25, 0.3) is 11.8 Å². The number of rotatable bonds is 6. The van der Waals surface area contributed by atoms with Crippen LogP contribution in [0.3, 0.4) is 0 Å². The van der Waals surface area contributed by atoms with Crippen LogP contribution in [0.25, 0.3) is 0 Å². The number of aryl methyl sites for hydroxylation is 3. The first-order chi connectivity index (χ1) is 11.9. The van der Waals surface area contributed by atoms with Crippen LogP contribution in [-0.4, -0.2) is 25.0 Å². The first kappa shape index (κ1) is 18.3. The van der Waals surface area contributed by atoms with E-state index in [2.05, 4.69) is 10.9 Å². The highest BCUT2D eigenvalue weighted by atomic mass is 16.5. The predicted octanol–water partition coefficient (Wildman–Crippen LogP) is 2.22. The van der Waals surface area contributed by atoms with Gasteiger partial charge >= 0.3 is 0 Å². The Kier molecular flexibility index (Phi) is 6.39. The standard InChI is InChI=1S/C19H22N2O4/c1-13-8-14(2)10-16(9-13)24-11-18(22)20-21-19(23)12-25-17-7-5-4-6-15(17)3/h4-10H,11-12H2,1-3H3,(H,20,22)(H,21,23). The topological polar surface area (TPSA) is 76.7 Å². The zero-order valence-corrected chi connectivity index (χ0v) is 14.6. The minimum absolute atomic E-state index is 0.191. The molecule has 6 heteroatoms. The van der Waals surface area contributed by atoms with Gasteiger partial charge in [-0.3, -0.25) is 20.4 Å². The molecule has 0 unspecified atom stereocenters. The third-order valence-corrected chi connectivity index (χ3v) is 3.36. The average Bonchev–Trinajstić information content (AvgIpc) is 2.56. The van der Waals surface area contributed by atoms with Crippen LogP contribution < -0.4 is 20.3 Å². The van der Waals surface area contributed by atoms with Crippen molar-refractivity contribution in [1.29, 1.82) is 0 Å². The average molecular weight is 342 g/mol. The lowest BCUT2D eigenvalue weighted by atomic mass is 10.1. The summed E-state index contributed by atoms with van der Waals surface area (Å²) >= 11 is 0. The highest BCUT2D eigenvalue weighted by Gasteiger charge is 2.07. The minimum Gasteiger partial charge on any atom is -0.484 e. The van der Waals surface area contributed by atoms with Crippen molar-refractivity contribution in [2.75, 3.05) is 13.2 Å². The Morgan fingerprint density at radius 1 is 0.840 bits per heavy atom. The maximum Gasteiger partial charge on any atom is 0.276 e. The van der Waals surface area contributed by atoms with Crippen molar-refractivity contribution >= 4 is 11.8 Å². The molecule has 0 aliphatic rings. The quantitative estimate of drug-likeness (QED) is 0.789. The molecule has 132 valence electrons. The van der Waals surface area contributed by atoms with Gasteiger partial charge in [0.2, 0.25) is 0 Å². The molecule has 0 heterocycles. The van der Waals surface area contributed by atoms with E-state index in [1.165, 1.54) is 0 Å². The van der Waals surface area contributed by atoms with Crippen LogP contribution in [0.1, 0.15) is 16.7 Å². The molecule has 2 amide bonds. The SMILES string of the molecule is Cc1cc(C)cc(OCC(=O)NNC(=O)COc2ccccc2C)c1. The number of carbonyl (C=O) groups excluding carboxylic acids is 2. The number of para-hydroxylation sites is 1. The highest BCUT2D eigenvalue weighted by Crippen LogP contribution is 2.16. The molecule has 0 saturated carbocycles. The van der Waals surface area contributed by atoms with Gasteiger partial charge in [-0.1, -0.05) is 24.3 Å². The summed E-state index contributed by atoms with van der Waals surface area (Å²) in [4.78, 5) is 23.4. The van der Waals surface area contributed by atoms with Crippen molar-refractivity contribution in [2.45, 2.75) is 20.8 Å². The lowest BCUT2D eigenvalue weighted by Crippen LogP contribution is -2.45. The van der Waals surface area contributed by atoms with Gasteiger partial charge in [-0.25, -0.2) is 0 Å². The van der Waals surface area contributed by atoms with Crippen LogP contribution in [0.4, 0.5) is 0 Å². The number of hydrazine groups is 1. The molecule has 2 aromatic rings. The van der Waals surface area contributed by atoms with Crippen LogP contribution in [0, 0.1) is 20.8 Å². The Morgan fingerprint density at radius 2 is 1.40 bits per heavy atom. The first-order valence-corrected chi connectivity index (χ1v) is 7.91. The van der Waals surface area contributed by atoms with E-state index in [-0.39, 0.29) is 13.2 Å². The second kappa shape index (κ2) is 8.73. The van der Waals surface area contributed by atoms with E-state index in [1.807, 2.05) is 57.2 Å². The normalized spacial score (nSPS) is 10.0. The predicted molar refractivity (Wildman–Crippen MR) is 94.4 cm³/mol. The zero-order valence-electron chi connectivity index (χ0n) is 14.6. The molecule has 6 nitrogen and oxygen atoms in total. The number of hydrogen-bond donors (Lipinski definition) is 2. The van der Waals surface area contributed by atoms with Crippen molar-refractivity contribution in [3.63, 3.8) is 0 Å². The molecule has 0 aromatic heterocycles. The van der Waals surface area contributed by atoms with Crippen LogP contribution in [-0.2, 0) is 9.59 Å². The monoisotopic (exact) mass is 342 g/mol. The molecule has 2 rings (SSSR count). The second-order valence-corrected chi connectivity index (χ2v) is 5.76. The molecule has 0 radical (unpaired) electrons. The van der Waals surface area contributed by atoms with Gasteiger partial charge in [0, 0.05) is 0 Å². The van der Waals surface area contributed by atoms with Crippen LogP contribution >= 0.6 is 0 Å². The van der Waals surface area contributed by atoms with E-state index < -0.39 is 11.8 Å². The van der Waals surface area contributed by atoms with Gasteiger partial charge < -0.3 is 9.47 Å². The second-order valence-electron chi connectivity index (χ2n) is 5.76. The lowest BCUT2D eigenvalue weighted by molar-refractivity contribution is -0.131. The summed E-state index contributed by atoms with van der Waals surface area (Å²) in [6.45, 7) is 5.41. The molecule has 2 N–H and O–H groups in total. The summed E-state index contributed by atoms with van der Waals surface area (Å²) in [5.74, 6) is 0.329. The van der Waals surface area contributed by atoms with Gasteiger partial charge in [-0.05, 0) is 55.7 Å². The Morgan fingerprint density at radius 3 is 2.00 bits per heavy atom. The summed E-state index contributed by atoms with van der Waals surface area (Å²) in [6.07, 6.45) is 0. The molecule has 0 atom stereocenters. The van der Waals surface area contributed by atoms with E-state index in [0.29, 0.717) is 11.5 Å². The number of carbonyl (C=O) groups is 2. The van der Waals surface area contributed by atoms with Gasteiger partial charge in [0.05, 0.1) is 0 Å². The van der Waals surface area contributed by atoms with Gasteiger partial charge in [-0.15, -0.1) is 0 Å². The molecule has 0 fully saturated rings. The Balaban J connectivity index is 1.70. The highest BCUT2D eigenvalue weighted by molar-refractivity contribution is 5.83. The lowest BCUT2D eigenvalue weighted by Gasteiger charge is -2.11. The fraction of sp³-hybridized carbons (Fsp3) is 0.263. The van der Waals surface area contributed by atoms with Crippen molar-refractivity contribution in [3.05, 3.63) is 59.2 Å². The summed E-state index contributed by atoms with van der Waals surface area (Å²) in [6, 6.07) is 13.1. The first-order valence-electron chi connectivity index (χ1n) is 7.91. The molecule has 0 aliphatic carbocycles. The van der Waals surface area contributed by atoms with Crippen molar-refractivity contribution < 1.29 is 19.1 Å². The molecular formula is C19H22N2O4. The maximum atomic E-state index is 11.7. The van der Waals surface area contributed by atoms with Crippen molar-refractivity contribution in [3.8, 4) is 11.5 Å².